The van der Waals surface area contributed by atoms with E-state index in [4.69, 9.17) is 4.74 Å². The minimum absolute atomic E-state index is 0.359. The Kier molecular flexibility index (Phi) is 5.22. The number of thiophene rings is 1. The van der Waals surface area contributed by atoms with Gasteiger partial charge in [-0.1, -0.05) is 12.1 Å². The van der Waals surface area contributed by atoms with Crippen molar-refractivity contribution in [2.45, 2.75) is 32.8 Å². The Bertz CT molecular complexity index is 363. The fourth-order valence-electron chi connectivity index (χ4n) is 1.16. The van der Waals surface area contributed by atoms with Crippen LogP contribution in [0.15, 0.2) is 23.6 Å². The monoisotopic (exact) mass is 253 g/mol. The molecule has 1 rings (SSSR count). The van der Waals surface area contributed by atoms with Crippen molar-refractivity contribution in [1.82, 2.24) is 5.32 Å². The highest BCUT2D eigenvalue weighted by molar-refractivity contribution is 7.10. The molecule has 0 saturated carbocycles. The fraction of sp³-hybridized carbons (Fsp3) is 0.462. The second-order valence-corrected chi connectivity index (χ2v) is 5.61. The summed E-state index contributed by atoms with van der Waals surface area (Å²) >= 11 is 1.70. The van der Waals surface area contributed by atoms with E-state index in [1.54, 1.807) is 11.3 Å². The first-order chi connectivity index (χ1) is 7.97. The summed E-state index contributed by atoms with van der Waals surface area (Å²) in [5.74, 6) is 0. The molecule has 0 atom stereocenters. The van der Waals surface area contributed by atoms with Crippen LogP contribution in [-0.4, -0.2) is 18.2 Å². The van der Waals surface area contributed by atoms with Crippen LogP contribution in [0.25, 0.3) is 6.08 Å². The average molecular weight is 253 g/mol. The Labute approximate surface area is 106 Å². The van der Waals surface area contributed by atoms with Crippen LogP contribution in [0.1, 0.15) is 32.1 Å². The molecule has 3 nitrogen and oxygen atoms in total. The summed E-state index contributed by atoms with van der Waals surface area (Å²) in [5.41, 5.74) is -0.434. The summed E-state index contributed by atoms with van der Waals surface area (Å²) in [6.07, 6.45) is 4.55. The van der Waals surface area contributed by atoms with Crippen LogP contribution in [0.4, 0.5) is 4.79 Å². The summed E-state index contributed by atoms with van der Waals surface area (Å²) in [6.45, 7) is 6.15. The van der Waals surface area contributed by atoms with Crippen LogP contribution >= 0.6 is 11.3 Å². The molecule has 4 heteroatoms. The van der Waals surface area contributed by atoms with Gasteiger partial charge in [-0.25, -0.2) is 4.79 Å². The third kappa shape index (κ3) is 6.79. The van der Waals surface area contributed by atoms with Gasteiger partial charge in [0.1, 0.15) is 5.60 Å². The third-order valence-corrected chi connectivity index (χ3v) is 2.64. The zero-order chi connectivity index (χ0) is 12.7. The first-order valence-corrected chi connectivity index (χ1v) is 6.52. The van der Waals surface area contributed by atoms with Crippen molar-refractivity contribution >= 4 is 23.5 Å². The van der Waals surface area contributed by atoms with Crippen molar-refractivity contribution in [2.24, 2.45) is 0 Å². The lowest BCUT2D eigenvalue weighted by atomic mass is 10.2. The van der Waals surface area contributed by atoms with E-state index in [0.29, 0.717) is 6.54 Å². The number of nitrogens with one attached hydrogen (secondary N) is 1. The zero-order valence-electron chi connectivity index (χ0n) is 10.5. The van der Waals surface area contributed by atoms with E-state index < -0.39 is 5.60 Å². The lowest BCUT2D eigenvalue weighted by Gasteiger charge is -2.19. The molecule has 17 heavy (non-hydrogen) atoms. The quantitative estimate of drug-likeness (QED) is 0.831. The first kappa shape index (κ1) is 13.8. The van der Waals surface area contributed by atoms with Gasteiger partial charge in [-0.15, -0.1) is 11.3 Å². The topological polar surface area (TPSA) is 38.3 Å². The Morgan fingerprint density at radius 2 is 2.29 bits per heavy atom. The van der Waals surface area contributed by atoms with Gasteiger partial charge in [0, 0.05) is 11.4 Å². The number of hydrogen-bond donors (Lipinski definition) is 1. The highest BCUT2D eigenvalue weighted by Gasteiger charge is 2.14. The van der Waals surface area contributed by atoms with E-state index in [1.165, 1.54) is 4.88 Å². The van der Waals surface area contributed by atoms with Crippen molar-refractivity contribution in [3.8, 4) is 0 Å². The first-order valence-electron chi connectivity index (χ1n) is 5.64. The molecule has 0 spiro atoms. The lowest BCUT2D eigenvalue weighted by molar-refractivity contribution is 0.0529. The van der Waals surface area contributed by atoms with Crippen LogP contribution in [0, 0.1) is 0 Å². The maximum atomic E-state index is 11.3. The second-order valence-electron chi connectivity index (χ2n) is 4.64. The molecule has 0 radical (unpaired) electrons. The normalized spacial score (nSPS) is 11.7. The van der Waals surface area contributed by atoms with Crippen molar-refractivity contribution < 1.29 is 9.53 Å². The van der Waals surface area contributed by atoms with E-state index in [1.807, 2.05) is 38.3 Å². The van der Waals surface area contributed by atoms with Crippen LogP contribution in [-0.2, 0) is 4.74 Å². The second kappa shape index (κ2) is 6.45. The number of hydrogen-bond acceptors (Lipinski definition) is 3. The minimum Gasteiger partial charge on any atom is -0.444 e. The largest absolute Gasteiger partial charge is 0.444 e. The highest BCUT2D eigenvalue weighted by atomic mass is 32.1. The molecule has 0 bridgehead atoms. The molecule has 0 unspecified atom stereocenters. The molecule has 0 aliphatic rings. The third-order valence-electron chi connectivity index (χ3n) is 1.80. The number of amides is 1. The number of rotatable bonds is 4. The molecule has 1 heterocycles. The molecule has 0 fully saturated rings. The molecule has 0 aromatic carbocycles. The van der Waals surface area contributed by atoms with E-state index >= 15 is 0 Å². The van der Waals surface area contributed by atoms with Gasteiger partial charge in [0.05, 0.1) is 0 Å². The van der Waals surface area contributed by atoms with Gasteiger partial charge in [-0.2, -0.15) is 0 Å². The van der Waals surface area contributed by atoms with Crippen LogP contribution in [0.3, 0.4) is 0 Å². The van der Waals surface area contributed by atoms with Gasteiger partial charge >= 0.3 is 6.09 Å². The predicted molar refractivity (Wildman–Crippen MR) is 72.2 cm³/mol. The molecule has 1 aromatic heterocycles. The van der Waals surface area contributed by atoms with Gasteiger partial charge in [-0.05, 0) is 44.7 Å². The lowest BCUT2D eigenvalue weighted by Crippen LogP contribution is -2.32. The summed E-state index contributed by atoms with van der Waals surface area (Å²) in [4.78, 5) is 12.5. The molecule has 1 aromatic rings. The van der Waals surface area contributed by atoms with Crippen molar-refractivity contribution in [1.29, 1.82) is 0 Å². The average Bonchev–Trinajstić information content (AvgIpc) is 2.67. The number of ether oxygens (including phenoxy) is 1. The van der Waals surface area contributed by atoms with Gasteiger partial charge in [0.15, 0.2) is 0 Å². The maximum Gasteiger partial charge on any atom is 0.407 e. The van der Waals surface area contributed by atoms with E-state index in [0.717, 1.165) is 6.42 Å². The van der Waals surface area contributed by atoms with E-state index in [-0.39, 0.29) is 6.09 Å². The summed E-state index contributed by atoms with van der Waals surface area (Å²) in [6, 6.07) is 4.08. The van der Waals surface area contributed by atoms with E-state index in [9.17, 15) is 4.79 Å². The van der Waals surface area contributed by atoms with E-state index in [2.05, 4.69) is 17.5 Å². The Balaban J connectivity index is 2.14. The molecular formula is C13H19NO2S. The van der Waals surface area contributed by atoms with Crippen molar-refractivity contribution in [3.63, 3.8) is 0 Å². The Morgan fingerprint density at radius 3 is 2.88 bits per heavy atom. The maximum absolute atomic E-state index is 11.3. The van der Waals surface area contributed by atoms with Crippen LogP contribution < -0.4 is 5.32 Å². The van der Waals surface area contributed by atoms with Gasteiger partial charge < -0.3 is 10.1 Å². The standard InChI is InChI=1S/C13H19NO2S/c1-13(2,3)16-12(15)14-9-5-4-7-11-8-6-10-17-11/h4,6-8,10H,5,9H2,1-3H3,(H,14,15). The number of carbonyl (C=O) groups is 1. The van der Waals surface area contributed by atoms with Crippen LogP contribution in [0.2, 0.25) is 0 Å². The molecule has 94 valence electrons. The summed E-state index contributed by atoms with van der Waals surface area (Å²) in [7, 11) is 0. The predicted octanol–water partition coefficient (Wildman–Crippen LogP) is 3.68. The smallest absolute Gasteiger partial charge is 0.407 e. The minimum atomic E-state index is -0.434. The van der Waals surface area contributed by atoms with Gasteiger partial charge in [0.2, 0.25) is 0 Å². The zero-order valence-corrected chi connectivity index (χ0v) is 11.3. The number of alkyl carbamates (subject to hydrolysis) is 1. The summed E-state index contributed by atoms with van der Waals surface area (Å²) in [5, 5.41) is 4.75. The highest BCUT2D eigenvalue weighted by Crippen LogP contribution is 2.10. The number of carbonyl (C=O) groups excluding carboxylic acids is 1. The molecular weight excluding hydrogens is 234 g/mol. The molecule has 1 amide bonds. The fourth-order valence-corrected chi connectivity index (χ4v) is 1.80. The van der Waals surface area contributed by atoms with Gasteiger partial charge in [0.25, 0.3) is 0 Å². The van der Waals surface area contributed by atoms with Crippen molar-refractivity contribution in [2.75, 3.05) is 6.54 Å². The Hall–Kier alpha value is -1.29. The SMILES string of the molecule is CC(C)(C)OC(=O)NCCC=Cc1cccs1. The molecule has 0 aliphatic heterocycles. The van der Waals surface area contributed by atoms with Crippen molar-refractivity contribution in [3.05, 3.63) is 28.5 Å². The molecule has 0 aliphatic carbocycles. The molecule has 0 saturated heterocycles. The van der Waals surface area contributed by atoms with Gasteiger partial charge in [-0.3, -0.25) is 0 Å². The summed E-state index contributed by atoms with van der Waals surface area (Å²) < 4.78 is 5.12. The Morgan fingerprint density at radius 1 is 1.53 bits per heavy atom. The molecule has 1 N–H and O–H groups in total. The van der Waals surface area contributed by atoms with Crippen LogP contribution in [0.5, 0.6) is 0 Å².